The molecule has 1 amide bonds. The molecule has 30 heavy (non-hydrogen) atoms. The molecular weight excluding hydrogens is 384 g/mol. The van der Waals surface area contributed by atoms with Crippen LogP contribution in [0.5, 0.6) is 11.5 Å². The highest BCUT2D eigenvalue weighted by Gasteiger charge is 2.25. The molecule has 3 aromatic carbocycles. The fourth-order valence-corrected chi connectivity index (χ4v) is 3.02. The minimum atomic E-state index is -0.952. The number of nitro groups is 1. The van der Waals surface area contributed by atoms with Crippen LogP contribution in [0.1, 0.15) is 24.1 Å². The van der Waals surface area contributed by atoms with Crippen molar-refractivity contribution in [2.75, 3.05) is 7.11 Å². The predicted molar refractivity (Wildman–Crippen MR) is 113 cm³/mol. The van der Waals surface area contributed by atoms with Crippen LogP contribution in [0, 0.1) is 10.1 Å². The molecule has 0 bridgehead atoms. The quantitative estimate of drug-likeness (QED) is 0.445. The van der Waals surface area contributed by atoms with Crippen molar-refractivity contribution in [3.8, 4) is 11.5 Å². The van der Waals surface area contributed by atoms with Gasteiger partial charge in [-0.05, 0) is 30.2 Å². The van der Waals surface area contributed by atoms with E-state index < -0.39 is 16.9 Å². The van der Waals surface area contributed by atoms with Gasteiger partial charge >= 0.3 is 5.69 Å². The summed E-state index contributed by atoms with van der Waals surface area (Å²) in [5, 5.41) is 14.3. The van der Waals surface area contributed by atoms with Gasteiger partial charge in [0.15, 0.2) is 11.9 Å². The molecule has 0 saturated carbocycles. The molecule has 1 N–H and O–H groups in total. The summed E-state index contributed by atoms with van der Waals surface area (Å²) < 4.78 is 10.7. The van der Waals surface area contributed by atoms with Crippen LogP contribution in [0.15, 0.2) is 78.9 Å². The molecule has 7 nitrogen and oxygen atoms in total. The zero-order chi connectivity index (χ0) is 21.5. The van der Waals surface area contributed by atoms with Crippen LogP contribution in [-0.4, -0.2) is 24.0 Å². The average Bonchev–Trinajstić information content (AvgIpc) is 2.78. The van der Waals surface area contributed by atoms with Crippen molar-refractivity contribution in [3.63, 3.8) is 0 Å². The van der Waals surface area contributed by atoms with Gasteiger partial charge in [0.05, 0.1) is 24.1 Å². The van der Waals surface area contributed by atoms with E-state index in [9.17, 15) is 14.9 Å². The van der Waals surface area contributed by atoms with Gasteiger partial charge in [-0.3, -0.25) is 14.9 Å². The fraction of sp³-hybridized carbons (Fsp3) is 0.174. The maximum atomic E-state index is 12.9. The van der Waals surface area contributed by atoms with Gasteiger partial charge in [-0.1, -0.05) is 60.7 Å². The smallest absolute Gasteiger partial charge is 0.314 e. The van der Waals surface area contributed by atoms with Crippen molar-refractivity contribution in [3.05, 3.63) is 100 Å². The van der Waals surface area contributed by atoms with E-state index >= 15 is 0 Å². The molecule has 0 radical (unpaired) electrons. The second-order valence-electron chi connectivity index (χ2n) is 6.61. The molecule has 0 aliphatic heterocycles. The van der Waals surface area contributed by atoms with E-state index in [-0.39, 0.29) is 17.5 Å². The number of benzene rings is 3. The normalized spacial score (nSPS) is 11.6. The average molecular weight is 406 g/mol. The number of nitrogens with zero attached hydrogens (tertiary/aromatic N) is 1. The number of rotatable bonds is 8. The van der Waals surface area contributed by atoms with Gasteiger partial charge < -0.3 is 14.8 Å². The molecule has 0 aliphatic carbocycles. The molecule has 0 spiro atoms. The Kier molecular flexibility index (Phi) is 6.64. The van der Waals surface area contributed by atoms with Crippen LogP contribution in [0.25, 0.3) is 0 Å². The Hall–Kier alpha value is -3.87. The summed E-state index contributed by atoms with van der Waals surface area (Å²) in [6, 6.07) is 23.0. The standard InChI is InChI=1S/C23H22N2O5/c1-16(30-21-14-13-19(29-2)15-20(21)25(27)28)23(26)24-22(17-9-5-3-6-10-17)18-11-7-4-8-12-18/h3-16,22H,1-2H3,(H,24,26)/t16-/m1/s1. The lowest BCUT2D eigenvalue weighted by Crippen LogP contribution is -2.39. The Morgan fingerprint density at radius 2 is 1.53 bits per heavy atom. The highest BCUT2D eigenvalue weighted by Crippen LogP contribution is 2.32. The Morgan fingerprint density at radius 3 is 2.03 bits per heavy atom. The molecule has 0 fully saturated rings. The van der Waals surface area contributed by atoms with Crippen molar-refractivity contribution in [2.24, 2.45) is 0 Å². The molecule has 0 aliphatic rings. The number of amides is 1. The molecule has 0 saturated heterocycles. The van der Waals surface area contributed by atoms with Crippen LogP contribution >= 0.6 is 0 Å². The zero-order valence-corrected chi connectivity index (χ0v) is 16.6. The van der Waals surface area contributed by atoms with E-state index in [0.717, 1.165) is 11.1 Å². The van der Waals surface area contributed by atoms with Crippen LogP contribution in [0.4, 0.5) is 5.69 Å². The number of methoxy groups -OCH3 is 1. The monoisotopic (exact) mass is 406 g/mol. The lowest BCUT2D eigenvalue weighted by molar-refractivity contribution is -0.386. The highest BCUT2D eigenvalue weighted by atomic mass is 16.6. The van der Waals surface area contributed by atoms with E-state index in [2.05, 4.69) is 5.32 Å². The van der Waals surface area contributed by atoms with Gasteiger partial charge in [-0.2, -0.15) is 0 Å². The summed E-state index contributed by atoms with van der Waals surface area (Å²) in [6.07, 6.45) is -0.952. The Labute approximate surface area is 174 Å². The van der Waals surface area contributed by atoms with Crippen molar-refractivity contribution in [2.45, 2.75) is 19.1 Å². The lowest BCUT2D eigenvalue weighted by Gasteiger charge is -2.22. The van der Waals surface area contributed by atoms with E-state index in [1.165, 1.54) is 19.2 Å². The first-order valence-electron chi connectivity index (χ1n) is 9.39. The Balaban J connectivity index is 1.81. The molecule has 0 heterocycles. The van der Waals surface area contributed by atoms with Crippen molar-refractivity contribution in [1.82, 2.24) is 5.32 Å². The van der Waals surface area contributed by atoms with E-state index in [1.54, 1.807) is 13.0 Å². The lowest BCUT2D eigenvalue weighted by atomic mass is 9.98. The molecular formula is C23H22N2O5. The summed E-state index contributed by atoms with van der Waals surface area (Å²) in [4.78, 5) is 23.7. The topological polar surface area (TPSA) is 90.7 Å². The number of carbonyl (C=O) groups excluding carboxylic acids is 1. The molecule has 7 heteroatoms. The van der Waals surface area contributed by atoms with Gasteiger partial charge in [0.25, 0.3) is 5.91 Å². The molecule has 3 rings (SSSR count). The van der Waals surface area contributed by atoms with E-state index in [0.29, 0.717) is 5.75 Å². The molecule has 0 aromatic heterocycles. The highest BCUT2D eigenvalue weighted by molar-refractivity contribution is 5.81. The van der Waals surface area contributed by atoms with Crippen LogP contribution < -0.4 is 14.8 Å². The first-order chi connectivity index (χ1) is 14.5. The van der Waals surface area contributed by atoms with Crippen molar-refractivity contribution < 1.29 is 19.2 Å². The Bertz CT molecular complexity index is 969. The summed E-state index contributed by atoms with van der Waals surface area (Å²) in [5.41, 5.74) is 1.57. The van der Waals surface area contributed by atoms with Crippen LogP contribution in [0.2, 0.25) is 0 Å². The number of hydrogen-bond acceptors (Lipinski definition) is 5. The zero-order valence-electron chi connectivity index (χ0n) is 16.6. The maximum absolute atomic E-state index is 12.9. The fourth-order valence-electron chi connectivity index (χ4n) is 3.02. The summed E-state index contributed by atoms with van der Waals surface area (Å²) in [6.45, 7) is 1.55. The molecule has 154 valence electrons. The van der Waals surface area contributed by atoms with Crippen molar-refractivity contribution in [1.29, 1.82) is 0 Å². The summed E-state index contributed by atoms with van der Waals surface area (Å²) in [5.74, 6) is -0.0587. The number of hydrogen-bond donors (Lipinski definition) is 1. The first-order valence-corrected chi connectivity index (χ1v) is 9.39. The van der Waals surface area contributed by atoms with Gasteiger partial charge in [0, 0.05) is 0 Å². The number of nitro benzene ring substituents is 1. The summed E-state index contributed by atoms with van der Waals surface area (Å²) in [7, 11) is 1.42. The van der Waals surface area contributed by atoms with E-state index in [4.69, 9.17) is 9.47 Å². The first kappa shape index (κ1) is 20.9. The van der Waals surface area contributed by atoms with E-state index in [1.807, 2.05) is 60.7 Å². The third-order valence-electron chi connectivity index (χ3n) is 4.59. The predicted octanol–water partition coefficient (Wildman–Crippen LogP) is 4.28. The molecule has 3 aromatic rings. The maximum Gasteiger partial charge on any atom is 0.314 e. The number of nitrogens with one attached hydrogen (secondary N) is 1. The van der Waals surface area contributed by atoms with Crippen LogP contribution in [0.3, 0.4) is 0 Å². The van der Waals surface area contributed by atoms with Gasteiger partial charge in [0.1, 0.15) is 5.75 Å². The summed E-state index contributed by atoms with van der Waals surface area (Å²) >= 11 is 0. The largest absolute Gasteiger partial charge is 0.496 e. The number of ether oxygens (including phenoxy) is 2. The second kappa shape index (κ2) is 9.56. The molecule has 1 atom stereocenters. The minimum Gasteiger partial charge on any atom is -0.496 e. The molecule has 0 unspecified atom stereocenters. The van der Waals surface area contributed by atoms with Gasteiger partial charge in [0.2, 0.25) is 0 Å². The SMILES string of the molecule is COc1ccc(O[C@H](C)C(=O)NC(c2ccccc2)c2ccccc2)c([N+](=O)[O-])c1. The van der Waals surface area contributed by atoms with Gasteiger partial charge in [-0.25, -0.2) is 0 Å². The Morgan fingerprint density at radius 1 is 0.967 bits per heavy atom. The third kappa shape index (κ3) is 4.94. The van der Waals surface area contributed by atoms with Gasteiger partial charge in [-0.15, -0.1) is 0 Å². The number of carbonyl (C=O) groups is 1. The van der Waals surface area contributed by atoms with Crippen molar-refractivity contribution >= 4 is 11.6 Å². The second-order valence-corrected chi connectivity index (χ2v) is 6.61. The third-order valence-corrected chi connectivity index (χ3v) is 4.59. The van der Waals surface area contributed by atoms with Crippen LogP contribution in [-0.2, 0) is 4.79 Å². The minimum absolute atomic E-state index is 0.000535.